The molecule has 2 heterocycles. The van der Waals surface area contributed by atoms with Crippen molar-refractivity contribution in [3.05, 3.63) is 17.7 Å². The molecule has 7 nitrogen and oxygen atoms in total. The van der Waals surface area contributed by atoms with Crippen molar-refractivity contribution in [2.75, 3.05) is 6.54 Å². The van der Waals surface area contributed by atoms with Crippen LogP contribution in [0.1, 0.15) is 32.2 Å². The lowest BCUT2D eigenvalue weighted by atomic mass is 10.0. The van der Waals surface area contributed by atoms with E-state index in [-0.39, 0.29) is 31.0 Å². The van der Waals surface area contributed by atoms with Crippen molar-refractivity contribution >= 4 is 11.9 Å². The van der Waals surface area contributed by atoms with E-state index < -0.39 is 12.0 Å². The van der Waals surface area contributed by atoms with Crippen molar-refractivity contribution in [3.8, 4) is 0 Å². The molecule has 1 aromatic rings. The highest BCUT2D eigenvalue weighted by molar-refractivity contribution is 5.85. The molecule has 1 atom stereocenters. The van der Waals surface area contributed by atoms with Gasteiger partial charge in [-0.15, -0.1) is 0 Å². The van der Waals surface area contributed by atoms with Gasteiger partial charge in [-0.1, -0.05) is 0 Å². The zero-order chi connectivity index (χ0) is 14.9. The Hall–Kier alpha value is -1.89. The van der Waals surface area contributed by atoms with Gasteiger partial charge < -0.3 is 20.3 Å². The molecule has 0 saturated carbocycles. The van der Waals surface area contributed by atoms with E-state index in [1.807, 2.05) is 20.8 Å². The number of aromatic nitrogens is 2. The quantitative estimate of drug-likeness (QED) is 0.731. The van der Waals surface area contributed by atoms with E-state index >= 15 is 0 Å². The molecular formula is C13H20N4O3. The fraction of sp³-hybridized carbons (Fsp3) is 0.615. The van der Waals surface area contributed by atoms with Crippen molar-refractivity contribution in [3.63, 3.8) is 0 Å². The molecule has 2 rings (SSSR count). The summed E-state index contributed by atoms with van der Waals surface area (Å²) in [6.07, 6.45) is 1.78. The molecule has 1 aromatic heterocycles. The largest absolute Gasteiger partial charge is 0.480 e. The minimum absolute atomic E-state index is 0.122. The molecule has 0 radical (unpaired) electrons. The highest BCUT2D eigenvalue weighted by Crippen LogP contribution is 2.20. The Morgan fingerprint density at radius 3 is 2.85 bits per heavy atom. The molecule has 0 spiro atoms. The van der Waals surface area contributed by atoms with Gasteiger partial charge in [0.25, 0.3) is 0 Å². The van der Waals surface area contributed by atoms with Crippen molar-refractivity contribution < 1.29 is 14.7 Å². The molecule has 0 aromatic carbocycles. The van der Waals surface area contributed by atoms with Gasteiger partial charge in [0.05, 0.1) is 30.8 Å². The lowest BCUT2D eigenvalue weighted by Gasteiger charge is -2.33. The Balaban J connectivity index is 2.12. The van der Waals surface area contributed by atoms with Crippen LogP contribution in [0.3, 0.4) is 0 Å². The first-order chi connectivity index (χ1) is 9.28. The van der Waals surface area contributed by atoms with Gasteiger partial charge in [-0.3, -0.25) is 4.79 Å². The average molecular weight is 280 g/mol. The SMILES string of the molecule is CC(C)(C)NCC(=O)N1Cc2[nH]cnc2CC1C(=O)O. The highest BCUT2D eigenvalue weighted by Gasteiger charge is 2.35. The van der Waals surface area contributed by atoms with Crippen LogP contribution in [-0.2, 0) is 22.6 Å². The molecule has 0 aliphatic carbocycles. The normalized spacial score (nSPS) is 18.8. The number of imidazole rings is 1. The van der Waals surface area contributed by atoms with Crippen LogP contribution in [0.25, 0.3) is 0 Å². The van der Waals surface area contributed by atoms with Crippen molar-refractivity contribution in [1.29, 1.82) is 0 Å². The molecule has 7 heteroatoms. The van der Waals surface area contributed by atoms with Gasteiger partial charge in [-0.2, -0.15) is 0 Å². The van der Waals surface area contributed by atoms with Gasteiger partial charge in [-0.25, -0.2) is 9.78 Å². The fourth-order valence-electron chi connectivity index (χ4n) is 2.16. The summed E-state index contributed by atoms with van der Waals surface area (Å²) in [4.78, 5) is 32.0. The molecule has 20 heavy (non-hydrogen) atoms. The maximum atomic E-state index is 12.3. The Morgan fingerprint density at radius 1 is 1.55 bits per heavy atom. The van der Waals surface area contributed by atoms with E-state index in [4.69, 9.17) is 0 Å². The summed E-state index contributed by atoms with van der Waals surface area (Å²) in [7, 11) is 0. The first-order valence-corrected chi connectivity index (χ1v) is 6.56. The van der Waals surface area contributed by atoms with E-state index in [1.165, 1.54) is 11.2 Å². The number of nitrogens with zero attached hydrogens (tertiary/aromatic N) is 2. The predicted octanol–water partition coefficient (Wildman–Crippen LogP) is 0.136. The van der Waals surface area contributed by atoms with Crippen LogP contribution in [0.15, 0.2) is 6.33 Å². The van der Waals surface area contributed by atoms with E-state index in [2.05, 4.69) is 15.3 Å². The molecule has 1 aliphatic heterocycles. The van der Waals surface area contributed by atoms with Crippen molar-refractivity contribution in [1.82, 2.24) is 20.2 Å². The summed E-state index contributed by atoms with van der Waals surface area (Å²) in [6.45, 7) is 6.25. The van der Waals surface area contributed by atoms with Crippen LogP contribution in [0, 0.1) is 0 Å². The zero-order valence-electron chi connectivity index (χ0n) is 11.9. The van der Waals surface area contributed by atoms with Crippen LogP contribution < -0.4 is 5.32 Å². The summed E-state index contributed by atoms with van der Waals surface area (Å²) >= 11 is 0. The van der Waals surface area contributed by atoms with Gasteiger partial charge >= 0.3 is 5.97 Å². The second-order valence-corrected chi connectivity index (χ2v) is 6.01. The molecule has 1 amide bonds. The summed E-state index contributed by atoms with van der Waals surface area (Å²) in [5.41, 5.74) is 1.35. The predicted molar refractivity (Wildman–Crippen MR) is 72.0 cm³/mol. The molecular weight excluding hydrogens is 260 g/mol. The summed E-state index contributed by atoms with van der Waals surface area (Å²) in [5, 5.41) is 12.4. The number of fused-ring (bicyclic) bond motifs is 1. The number of hydrogen-bond acceptors (Lipinski definition) is 4. The number of carbonyl (C=O) groups is 2. The standard InChI is InChI=1S/C13H20N4O3/c1-13(2,3)16-5-11(18)17-6-9-8(14-7-15-9)4-10(17)12(19)20/h7,10,16H,4-6H2,1-3H3,(H,14,15)(H,19,20). The monoisotopic (exact) mass is 280 g/mol. The van der Waals surface area contributed by atoms with E-state index in [0.717, 1.165) is 11.4 Å². The van der Waals surface area contributed by atoms with Crippen LogP contribution in [0.4, 0.5) is 0 Å². The average Bonchev–Trinajstić information content (AvgIpc) is 2.80. The number of carbonyl (C=O) groups excluding carboxylic acids is 1. The van der Waals surface area contributed by atoms with E-state index in [9.17, 15) is 14.7 Å². The minimum atomic E-state index is -0.997. The molecule has 3 N–H and O–H groups in total. The molecule has 0 saturated heterocycles. The Morgan fingerprint density at radius 2 is 2.25 bits per heavy atom. The number of aromatic amines is 1. The summed E-state index contributed by atoms with van der Waals surface area (Å²) in [6, 6.07) is -0.847. The number of rotatable bonds is 3. The first-order valence-electron chi connectivity index (χ1n) is 6.56. The zero-order valence-corrected chi connectivity index (χ0v) is 11.9. The highest BCUT2D eigenvalue weighted by atomic mass is 16.4. The Kier molecular flexibility index (Phi) is 3.80. The summed E-state index contributed by atoms with van der Waals surface area (Å²) in [5.74, 6) is -1.21. The van der Waals surface area contributed by atoms with E-state index in [1.54, 1.807) is 0 Å². The van der Waals surface area contributed by atoms with E-state index in [0.29, 0.717) is 0 Å². The minimum Gasteiger partial charge on any atom is -0.480 e. The topological polar surface area (TPSA) is 98.3 Å². The number of nitrogens with one attached hydrogen (secondary N) is 2. The molecule has 0 bridgehead atoms. The van der Waals surface area contributed by atoms with Crippen molar-refractivity contribution in [2.45, 2.75) is 45.3 Å². The molecule has 1 aliphatic rings. The van der Waals surface area contributed by atoms with Gasteiger partial charge in [-0.05, 0) is 20.8 Å². The second kappa shape index (κ2) is 5.24. The number of hydrogen-bond donors (Lipinski definition) is 3. The van der Waals surface area contributed by atoms with Crippen LogP contribution >= 0.6 is 0 Å². The van der Waals surface area contributed by atoms with Gasteiger partial charge in [0.15, 0.2) is 0 Å². The van der Waals surface area contributed by atoms with Crippen LogP contribution in [0.5, 0.6) is 0 Å². The third-order valence-electron chi connectivity index (χ3n) is 3.27. The lowest BCUT2D eigenvalue weighted by Crippen LogP contribution is -2.52. The van der Waals surface area contributed by atoms with Gasteiger partial charge in [0, 0.05) is 12.0 Å². The number of aliphatic carboxylic acids is 1. The number of carboxylic acids is 1. The summed E-state index contributed by atoms with van der Waals surface area (Å²) < 4.78 is 0. The molecule has 1 unspecified atom stereocenters. The van der Waals surface area contributed by atoms with Crippen molar-refractivity contribution in [2.24, 2.45) is 0 Å². The molecule has 110 valence electrons. The van der Waals surface area contributed by atoms with Gasteiger partial charge in [0.2, 0.25) is 5.91 Å². The third kappa shape index (κ3) is 3.16. The van der Waals surface area contributed by atoms with Crippen LogP contribution in [-0.4, -0.2) is 50.0 Å². The number of amides is 1. The van der Waals surface area contributed by atoms with Crippen LogP contribution in [0.2, 0.25) is 0 Å². The maximum absolute atomic E-state index is 12.3. The third-order valence-corrected chi connectivity index (χ3v) is 3.27. The molecule has 0 fully saturated rings. The fourth-order valence-corrected chi connectivity index (χ4v) is 2.16. The lowest BCUT2D eigenvalue weighted by molar-refractivity contribution is -0.151. The second-order valence-electron chi connectivity index (χ2n) is 6.01. The first kappa shape index (κ1) is 14.5. The Labute approximate surface area is 117 Å². The maximum Gasteiger partial charge on any atom is 0.326 e. The smallest absolute Gasteiger partial charge is 0.326 e. The van der Waals surface area contributed by atoms with Gasteiger partial charge in [0.1, 0.15) is 6.04 Å². The Bertz CT molecular complexity index is 518. The number of H-pyrrole nitrogens is 1. The number of carboxylic acid groups (broad SMARTS) is 1.